The number of carboxylic acids is 2. The van der Waals surface area contributed by atoms with Gasteiger partial charge in [-0.3, -0.25) is 29.0 Å². The third-order valence-electron chi connectivity index (χ3n) is 11.7. The van der Waals surface area contributed by atoms with Gasteiger partial charge in [-0.25, -0.2) is 0 Å². The molecule has 0 radical (unpaired) electrons. The van der Waals surface area contributed by atoms with E-state index in [-0.39, 0.29) is 30.6 Å². The van der Waals surface area contributed by atoms with Crippen molar-refractivity contribution in [3.8, 4) is 23.0 Å². The first-order valence-corrected chi connectivity index (χ1v) is 22.1. The zero-order valence-corrected chi connectivity index (χ0v) is 37.7. The maximum Gasteiger partial charge on any atom is 0.307 e. The van der Waals surface area contributed by atoms with Gasteiger partial charge in [0.25, 0.3) is 11.8 Å². The van der Waals surface area contributed by atoms with Gasteiger partial charge >= 0.3 is 11.9 Å². The van der Waals surface area contributed by atoms with Gasteiger partial charge in [0, 0.05) is 32.9 Å². The zero-order valence-electron chi connectivity index (χ0n) is 37.7. The van der Waals surface area contributed by atoms with E-state index >= 15 is 0 Å². The Morgan fingerprint density at radius 2 is 0.879 bits per heavy atom. The van der Waals surface area contributed by atoms with Gasteiger partial charge in [-0.05, 0) is 75.9 Å². The summed E-state index contributed by atoms with van der Waals surface area (Å²) in [4.78, 5) is 51.9. The maximum atomic E-state index is 13.7. The summed E-state index contributed by atoms with van der Waals surface area (Å²) >= 11 is 0. The number of aliphatic carboxylic acids is 2. The number of aliphatic hydroxyl groups is 2. The molecule has 14 heteroatoms. The number of nitrogens with zero attached hydrogens (tertiary/aromatic N) is 2. The van der Waals surface area contributed by atoms with Crippen molar-refractivity contribution in [3.63, 3.8) is 0 Å². The zero-order chi connectivity index (χ0) is 47.4. The minimum atomic E-state index is -1.28. The lowest BCUT2D eigenvalue weighted by molar-refractivity contribution is -0.137. The third kappa shape index (κ3) is 8.93. The average Bonchev–Trinajstić information content (AvgIpc) is 3.72. The summed E-state index contributed by atoms with van der Waals surface area (Å²) in [6.07, 6.45) is -1.54. The lowest BCUT2D eigenvalue weighted by Crippen LogP contribution is -2.27. The molecule has 2 aliphatic heterocycles. The second-order valence-corrected chi connectivity index (χ2v) is 16.1. The van der Waals surface area contributed by atoms with Gasteiger partial charge < -0.3 is 39.4 Å². The van der Waals surface area contributed by atoms with E-state index < -0.39 is 36.2 Å². The number of ether oxygens (including phenoxy) is 4. The van der Waals surface area contributed by atoms with Crippen molar-refractivity contribution >= 4 is 56.7 Å². The second-order valence-electron chi connectivity index (χ2n) is 16.1. The average molecular weight is 899 g/mol. The molecular weight excluding hydrogens is 845 g/mol. The number of fused-ring (bicyclic) bond motifs is 4. The minimum absolute atomic E-state index is 0.121. The predicted molar refractivity (Wildman–Crippen MR) is 250 cm³/mol. The van der Waals surface area contributed by atoms with E-state index in [9.17, 15) is 29.4 Å². The molecule has 2 aliphatic rings. The largest absolute Gasteiger partial charge is 0.493 e. The van der Waals surface area contributed by atoms with Gasteiger partial charge in [-0.2, -0.15) is 0 Å². The van der Waals surface area contributed by atoms with Crippen molar-refractivity contribution in [2.24, 2.45) is 0 Å². The van der Waals surface area contributed by atoms with Crippen molar-refractivity contribution in [1.82, 2.24) is 0 Å². The topological polar surface area (TPSA) is 193 Å². The van der Waals surface area contributed by atoms with Crippen LogP contribution in [0, 0.1) is 0 Å². The lowest BCUT2D eigenvalue weighted by atomic mass is 9.98. The van der Waals surface area contributed by atoms with Gasteiger partial charge in [0.2, 0.25) is 0 Å². The van der Waals surface area contributed by atoms with E-state index in [1.807, 2.05) is 90.1 Å². The highest BCUT2D eigenvalue weighted by Crippen LogP contribution is 2.52. The van der Waals surface area contributed by atoms with E-state index in [1.54, 1.807) is 48.5 Å². The van der Waals surface area contributed by atoms with Gasteiger partial charge in [0.05, 0.1) is 60.5 Å². The maximum absolute atomic E-state index is 13.7. The monoisotopic (exact) mass is 898 g/mol. The van der Waals surface area contributed by atoms with Crippen LogP contribution in [-0.4, -0.2) is 69.6 Å². The molecule has 6 aromatic rings. The van der Waals surface area contributed by atoms with E-state index in [2.05, 4.69) is 0 Å². The van der Waals surface area contributed by atoms with Crippen molar-refractivity contribution in [3.05, 3.63) is 130 Å². The Kier molecular flexibility index (Phi) is 14.1. The number of carbonyl (C=O) groups excluding carboxylic acids is 2. The molecular formula is C52H54N2O12. The fourth-order valence-electron chi connectivity index (χ4n) is 8.26. The first-order valence-electron chi connectivity index (χ1n) is 22.1. The molecule has 0 saturated heterocycles. The molecule has 0 fully saturated rings. The van der Waals surface area contributed by atoms with Crippen LogP contribution in [0.4, 0.5) is 11.4 Å². The van der Waals surface area contributed by atoms with Crippen LogP contribution in [-0.2, 0) is 22.4 Å². The lowest BCUT2D eigenvalue weighted by Gasteiger charge is -2.23. The van der Waals surface area contributed by atoms with Gasteiger partial charge in [0.1, 0.15) is 23.0 Å². The fraction of sp³-hybridized carbons (Fsp3) is 0.308. The molecule has 8 rings (SSSR count). The number of hydrogen-bond donors (Lipinski definition) is 4. The number of carbonyl (C=O) groups is 4. The third-order valence-corrected chi connectivity index (χ3v) is 11.7. The SMILES string of the molecule is CCOc1c2c(c(OC(C)CC)c3ccccc13)C(=O)N(c1ccc(CC(=O)O)cc1)C2O.CCOc1c2c(c(OC(C)CC)c3ccccc13)C(O)N(c1ccc(CC(=O)O)cc1)C2=O. The molecule has 344 valence electrons. The molecule has 0 aromatic heterocycles. The Balaban J connectivity index is 0.000000196. The summed E-state index contributed by atoms with van der Waals surface area (Å²) in [6.45, 7) is 12.3. The van der Waals surface area contributed by atoms with E-state index in [4.69, 9.17) is 29.2 Å². The number of anilines is 2. The van der Waals surface area contributed by atoms with Crippen LogP contribution in [0.3, 0.4) is 0 Å². The van der Waals surface area contributed by atoms with Crippen LogP contribution in [0.15, 0.2) is 97.1 Å². The number of benzene rings is 6. The fourth-order valence-corrected chi connectivity index (χ4v) is 8.26. The van der Waals surface area contributed by atoms with Crippen molar-refractivity contribution < 1.29 is 58.6 Å². The van der Waals surface area contributed by atoms with Crippen molar-refractivity contribution in [2.75, 3.05) is 23.0 Å². The number of rotatable bonds is 16. The van der Waals surface area contributed by atoms with Gasteiger partial charge in [-0.1, -0.05) is 86.6 Å². The van der Waals surface area contributed by atoms with Crippen LogP contribution in [0.5, 0.6) is 23.0 Å². The Hall–Kier alpha value is -7.16. The van der Waals surface area contributed by atoms with Crippen LogP contribution in [0.1, 0.15) is 110 Å². The van der Waals surface area contributed by atoms with Crippen LogP contribution < -0.4 is 28.7 Å². The summed E-state index contributed by atoms with van der Waals surface area (Å²) in [5.41, 5.74) is 3.47. The van der Waals surface area contributed by atoms with Gasteiger partial charge in [-0.15, -0.1) is 0 Å². The quantitative estimate of drug-likeness (QED) is 0.0721. The van der Waals surface area contributed by atoms with Crippen LogP contribution in [0.25, 0.3) is 21.5 Å². The second kappa shape index (κ2) is 19.9. The Morgan fingerprint density at radius 1 is 0.530 bits per heavy atom. The number of amides is 2. The normalized spacial score (nSPS) is 16.1. The smallest absolute Gasteiger partial charge is 0.307 e. The number of hydrogen-bond acceptors (Lipinski definition) is 10. The molecule has 4 atom stereocenters. The molecule has 6 aromatic carbocycles. The van der Waals surface area contributed by atoms with Gasteiger partial charge in [0.15, 0.2) is 12.5 Å². The highest BCUT2D eigenvalue weighted by molar-refractivity contribution is 6.18. The van der Waals surface area contributed by atoms with Crippen molar-refractivity contribution in [2.45, 2.75) is 91.9 Å². The molecule has 4 unspecified atom stereocenters. The van der Waals surface area contributed by atoms with Crippen molar-refractivity contribution in [1.29, 1.82) is 0 Å². The molecule has 0 bridgehead atoms. The van der Waals surface area contributed by atoms with E-state index in [0.29, 0.717) is 75.4 Å². The first kappa shape index (κ1) is 46.8. The standard InChI is InChI=1S/2C26H27NO6/c2*1-4-15(3)33-24-19-9-7-6-8-18(19)23(32-5-2)21-22(24)26(31)27(25(21)30)17-12-10-16(11-13-17)14-20(28)29/h6-13,15,26,31H,4-5,14H2,1-3H3,(H,28,29);6-13,15,25,30H,4-5,14H2,1-3H3,(H,28,29). The minimum Gasteiger partial charge on any atom is -0.493 e. The number of carboxylic acid groups (broad SMARTS) is 2. The summed E-state index contributed by atoms with van der Waals surface area (Å²) in [6, 6.07) is 28.2. The molecule has 2 amide bonds. The molecule has 0 aliphatic carbocycles. The Bertz CT molecular complexity index is 2730. The van der Waals surface area contributed by atoms with E-state index in [1.165, 1.54) is 9.80 Å². The summed E-state index contributed by atoms with van der Waals surface area (Å²) in [5.74, 6) is -0.865. The highest BCUT2D eigenvalue weighted by Gasteiger charge is 2.45. The molecule has 14 nitrogen and oxygen atoms in total. The molecule has 0 spiro atoms. The van der Waals surface area contributed by atoms with Crippen LogP contribution >= 0.6 is 0 Å². The molecule has 4 N–H and O–H groups in total. The Morgan fingerprint density at radius 3 is 1.29 bits per heavy atom. The molecule has 0 saturated carbocycles. The van der Waals surface area contributed by atoms with E-state index in [0.717, 1.165) is 34.4 Å². The Labute approximate surface area is 382 Å². The predicted octanol–water partition coefficient (Wildman–Crippen LogP) is 9.39. The summed E-state index contributed by atoms with van der Waals surface area (Å²) in [7, 11) is 0. The molecule has 2 heterocycles. The summed E-state index contributed by atoms with van der Waals surface area (Å²) in [5, 5.41) is 43.8. The van der Waals surface area contributed by atoms with Crippen LogP contribution in [0.2, 0.25) is 0 Å². The number of aliphatic hydroxyl groups excluding tert-OH is 2. The first-order chi connectivity index (χ1) is 31.7. The highest BCUT2D eigenvalue weighted by atomic mass is 16.5. The molecule has 66 heavy (non-hydrogen) atoms. The summed E-state index contributed by atoms with van der Waals surface area (Å²) < 4.78 is 24.4.